The molecule has 1 aromatic rings. The van der Waals surface area contributed by atoms with E-state index in [0.29, 0.717) is 31.8 Å². The van der Waals surface area contributed by atoms with Crippen molar-refractivity contribution in [2.75, 3.05) is 6.54 Å². The highest BCUT2D eigenvalue weighted by Gasteiger charge is 2.29. The molecule has 0 aromatic carbocycles. The van der Waals surface area contributed by atoms with Crippen LogP contribution in [0.4, 0.5) is 0 Å². The Morgan fingerprint density at radius 2 is 2.32 bits per heavy atom. The van der Waals surface area contributed by atoms with Crippen LogP contribution >= 0.6 is 0 Å². The molecule has 2 amide bonds. The molecule has 1 aliphatic heterocycles. The van der Waals surface area contributed by atoms with Crippen LogP contribution in [0.15, 0.2) is 10.6 Å². The molecule has 104 valence electrons. The van der Waals surface area contributed by atoms with Crippen molar-refractivity contribution in [1.29, 1.82) is 0 Å². The molecule has 1 aromatic heterocycles. The molecular formula is C13H19N3O3. The van der Waals surface area contributed by atoms with E-state index in [-0.39, 0.29) is 11.8 Å². The maximum atomic E-state index is 12.3. The molecule has 1 atom stereocenters. The van der Waals surface area contributed by atoms with Crippen LogP contribution in [0.2, 0.25) is 0 Å². The van der Waals surface area contributed by atoms with Gasteiger partial charge in [0.05, 0.1) is 12.7 Å². The summed E-state index contributed by atoms with van der Waals surface area (Å²) in [7, 11) is 0. The van der Waals surface area contributed by atoms with Crippen LogP contribution in [0.25, 0.3) is 0 Å². The smallest absolute Gasteiger partial charge is 0.245 e. The monoisotopic (exact) mass is 265 g/mol. The molecule has 2 rings (SSSR count). The Morgan fingerprint density at radius 3 is 2.95 bits per heavy atom. The van der Waals surface area contributed by atoms with Gasteiger partial charge in [-0.05, 0) is 13.3 Å². The first-order valence-corrected chi connectivity index (χ1v) is 6.59. The maximum Gasteiger partial charge on any atom is 0.245 e. The third kappa shape index (κ3) is 3.33. The summed E-state index contributed by atoms with van der Waals surface area (Å²) in [4.78, 5) is 29.7. The van der Waals surface area contributed by atoms with Gasteiger partial charge in [0.25, 0.3) is 0 Å². The number of nitrogens with zero attached hydrogens (tertiary/aromatic N) is 2. The van der Waals surface area contributed by atoms with Crippen molar-refractivity contribution in [3.63, 3.8) is 0 Å². The molecule has 1 aliphatic rings. The van der Waals surface area contributed by atoms with E-state index in [1.54, 1.807) is 11.1 Å². The number of nitrogens with one attached hydrogen (secondary N) is 1. The molecule has 2 heterocycles. The summed E-state index contributed by atoms with van der Waals surface area (Å²) in [5, 5.41) is 2.77. The summed E-state index contributed by atoms with van der Waals surface area (Å²) >= 11 is 0. The number of aromatic nitrogens is 1. The molecule has 1 saturated heterocycles. The van der Waals surface area contributed by atoms with Crippen molar-refractivity contribution < 1.29 is 14.0 Å². The molecule has 1 fully saturated rings. The third-order valence-electron chi connectivity index (χ3n) is 3.13. The second-order valence-corrected chi connectivity index (χ2v) is 4.78. The third-order valence-corrected chi connectivity index (χ3v) is 3.13. The standard InChI is InChI=1S/C13H19N3O3/c1-3-4-10-13(18)16(6-5-11(17)15-10)8-12-14-7-9(2)19-12/h7,10H,3-6,8H2,1-2H3,(H,15,17). The molecule has 0 radical (unpaired) electrons. The fraction of sp³-hybridized carbons (Fsp3) is 0.615. The SMILES string of the molecule is CCCC1NC(=O)CCN(Cc2ncc(C)o2)C1=O. The lowest BCUT2D eigenvalue weighted by Crippen LogP contribution is -2.44. The number of hydrogen-bond acceptors (Lipinski definition) is 4. The van der Waals surface area contributed by atoms with Gasteiger partial charge in [-0.3, -0.25) is 9.59 Å². The maximum absolute atomic E-state index is 12.3. The normalized spacial score (nSPS) is 20.3. The van der Waals surface area contributed by atoms with E-state index in [2.05, 4.69) is 10.3 Å². The Bertz CT molecular complexity index is 469. The largest absolute Gasteiger partial charge is 0.444 e. The van der Waals surface area contributed by atoms with Crippen LogP contribution in [-0.4, -0.2) is 34.3 Å². The summed E-state index contributed by atoms with van der Waals surface area (Å²) in [6.07, 6.45) is 3.46. The van der Waals surface area contributed by atoms with Crippen LogP contribution in [0, 0.1) is 6.92 Å². The molecule has 1 unspecified atom stereocenters. The van der Waals surface area contributed by atoms with Gasteiger partial charge in [0, 0.05) is 13.0 Å². The van der Waals surface area contributed by atoms with Crippen molar-refractivity contribution >= 4 is 11.8 Å². The summed E-state index contributed by atoms with van der Waals surface area (Å²) in [6.45, 7) is 4.53. The Labute approximate surface area is 112 Å². The van der Waals surface area contributed by atoms with Crippen LogP contribution in [0.3, 0.4) is 0 Å². The Morgan fingerprint density at radius 1 is 1.53 bits per heavy atom. The number of oxazole rings is 1. The Balaban J connectivity index is 2.09. The fourth-order valence-electron chi connectivity index (χ4n) is 2.17. The van der Waals surface area contributed by atoms with Crippen molar-refractivity contribution in [2.24, 2.45) is 0 Å². The van der Waals surface area contributed by atoms with E-state index in [1.807, 2.05) is 13.8 Å². The quantitative estimate of drug-likeness (QED) is 0.881. The van der Waals surface area contributed by atoms with Gasteiger partial charge in [-0.1, -0.05) is 13.3 Å². The van der Waals surface area contributed by atoms with E-state index >= 15 is 0 Å². The van der Waals surface area contributed by atoms with Crippen LogP contribution in [0.5, 0.6) is 0 Å². The van der Waals surface area contributed by atoms with E-state index in [9.17, 15) is 9.59 Å². The second-order valence-electron chi connectivity index (χ2n) is 4.78. The van der Waals surface area contributed by atoms with Gasteiger partial charge in [-0.25, -0.2) is 4.98 Å². The minimum Gasteiger partial charge on any atom is -0.444 e. The zero-order chi connectivity index (χ0) is 13.8. The summed E-state index contributed by atoms with van der Waals surface area (Å²) in [5.41, 5.74) is 0. The molecule has 0 bridgehead atoms. The van der Waals surface area contributed by atoms with Gasteiger partial charge in [0.15, 0.2) is 0 Å². The van der Waals surface area contributed by atoms with Crippen LogP contribution in [0.1, 0.15) is 37.8 Å². The number of carbonyl (C=O) groups excluding carboxylic acids is 2. The first kappa shape index (κ1) is 13.6. The lowest BCUT2D eigenvalue weighted by Gasteiger charge is -2.22. The highest BCUT2D eigenvalue weighted by Crippen LogP contribution is 2.12. The van der Waals surface area contributed by atoms with Crippen LogP contribution in [-0.2, 0) is 16.1 Å². The first-order valence-electron chi connectivity index (χ1n) is 6.59. The van der Waals surface area contributed by atoms with E-state index in [1.165, 1.54) is 0 Å². The number of amides is 2. The van der Waals surface area contributed by atoms with Crippen molar-refractivity contribution in [1.82, 2.24) is 15.2 Å². The summed E-state index contributed by atoms with van der Waals surface area (Å²) in [5.74, 6) is 1.11. The zero-order valence-electron chi connectivity index (χ0n) is 11.3. The van der Waals surface area contributed by atoms with Gasteiger partial charge in [0.1, 0.15) is 11.8 Å². The summed E-state index contributed by atoms with van der Waals surface area (Å²) in [6, 6.07) is -0.420. The van der Waals surface area contributed by atoms with Crippen molar-refractivity contribution in [2.45, 2.75) is 45.7 Å². The molecule has 1 N–H and O–H groups in total. The number of aryl methyl sites for hydroxylation is 1. The molecular weight excluding hydrogens is 246 g/mol. The average molecular weight is 265 g/mol. The van der Waals surface area contributed by atoms with Gasteiger partial charge in [-0.2, -0.15) is 0 Å². The van der Waals surface area contributed by atoms with Gasteiger partial charge >= 0.3 is 0 Å². The molecule has 0 saturated carbocycles. The molecule has 0 aliphatic carbocycles. The van der Waals surface area contributed by atoms with Crippen LogP contribution < -0.4 is 5.32 Å². The predicted molar refractivity (Wildman–Crippen MR) is 68.1 cm³/mol. The van der Waals surface area contributed by atoms with E-state index in [0.717, 1.165) is 12.2 Å². The molecule has 6 heteroatoms. The van der Waals surface area contributed by atoms with E-state index in [4.69, 9.17) is 4.42 Å². The minimum atomic E-state index is -0.420. The number of carbonyl (C=O) groups is 2. The number of hydrogen-bond donors (Lipinski definition) is 1. The zero-order valence-corrected chi connectivity index (χ0v) is 11.3. The topological polar surface area (TPSA) is 75.4 Å². The first-order chi connectivity index (χ1) is 9.10. The Kier molecular flexibility index (Phi) is 4.19. The molecule has 19 heavy (non-hydrogen) atoms. The fourth-order valence-corrected chi connectivity index (χ4v) is 2.17. The predicted octanol–water partition coefficient (Wildman–Crippen LogP) is 1.00. The lowest BCUT2D eigenvalue weighted by atomic mass is 10.1. The Hall–Kier alpha value is -1.85. The average Bonchev–Trinajstić information content (AvgIpc) is 2.73. The summed E-state index contributed by atoms with van der Waals surface area (Å²) < 4.78 is 5.39. The van der Waals surface area contributed by atoms with Gasteiger partial charge in [0.2, 0.25) is 17.7 Å². The van der Waals surface area contributed by atoms with E-state index < -0.39 is 6.04 Å². The highest BCUT2D eigenvalue weighted by molar-refractivity contribution is 5.89. The molecule has 6 nitrogen and oxygen atoms in total. The second kappa shape index (κ2) is 5.86. The van der Waals surface area contributed by atoms with Crippen molar-refractivity contribution in [3.8, 4) is 0 Å². The molecule has 0 spiro atoms. The lowest BCUT2D eigenvalue weighted by molar-refractivity contribution is -0.134. The minimum absolute atomic E-state index is 0.0523. The van der Waals surface area contributed by atoms with Gasteiger partial charge < -0.3 is 14.6 Å². The highest BCUT2D eigenvalue weighted by atomic mass is 16.4. The van der Waals surface area contributed by atoms with Crippen molar-refractivity contribution in [3.05, 3.63) is 17.8 Å². The van der Waals surface area contributed by atoms with Gasteiger partial charge in [-0.15, -0.1) is 0 Å². The number of rotatable bonds is 4.